The van der Waals surface area contributed by atoms with Crippen LogP contribution in [0.15, 0.2) is 10.9 Å². The Labute approximate surface area is 105 Å². The second-order valence-electron chi connectivity index (χ2n) is 2.51. The molecule has 0 fully saturated rings. The van der Waals surface area contributed by atoms with Gasteiger partial charge in [-0.2, -0.15) is 0 Å². The number of pyridine rings is 1. The lowest BCUT2D eigenvalue weighted by atomic mass is 10.3. The number of hydrogen-bond donors (Lipinski definition) is 1. The molecule has 16 heavy (non-hydrogen) atoms. The Bertz CT molecular complexity index is 485. The van der Waals surface area contributed by atoms with Crippen LogP contribution < -0.4 is 10.3 Å². The number of aromatic nitrogens is 1. The van der Waals surface area contributed by atoms with Gasteiger partial charge in [-0.15, -0.1) is 13.2 Å². The molecular weight excluding hydrogens is 365 g/mol. The van der Waals surface area contributed by atoms with Crippen molar-refractivity contribution < 1.29 is 22.7 Å². The van der Waals surface area contributed by atoms with Gasteiger partial charge in [0.15, 0.2) is 0 Å². The Morgan fingerprint density at radius 2 is 2.06 bits per heavy atom. The Hall–Kier alpha value is -0.770. The molecule has 0 aromatic carbocycles. The van der Waals surface area contributed by atoms with Crippen molar-refractivity contribution in [1.29, 1.82) is 0 Å². The first-order valence-electron chi connectivity index (χ1n) is 3.59. The third-order valence-corrected chi connectivity index (χ3v) is 2.41. The predicted molar refractivity (Wildman–Crippen MR) is 56.6 cm³/mol. The normalized spacial score (nSPS) is 11.3. The van der Waals surface area contributed by atoms with E-state index in [-0.39, 0.29) is 3.57 Å². The van der Waals surface area contributed by atoms with Gasteiger partial charge in [-0.1, -0.05) is 0 Å². The van der Waals surface area contributed by atoms with Crippen LogP contribution in [0.1, 0.15) is 10.4 Å². The lowest BCUT2D eigenvalue weighted by Gasteiger charge is -2.11. The van der Waals surface area contributed by atoms with Crippen molar-refractivity contribution in [3.63, 3.8) is 0 Å². The minimum Gasteiger partial charge on any atom is -0.389 e. The summed E-state index contributed by atoms with van der Waals surface area (Å²) in [6.07, 6.45) is -5.02. The summed E-state index contributed by atoms with van der Waals surface area (Å²) in [4.78, 5) is 23.5. The van der Waals surface area contributed by atoms with Gasteiger partial charge in [0, 0.05) is 9.64 Å². The van der Waals surface area contributed by atoms with Gasteiger partial charge in [0.2, 0.25) is 5.88 Å². The standard InChI is InChI=1S/C7H2ClF3INO3/c8-5(15)4-2(12)1-3(14)13-6(4)16-7(9,10)11/h1H,(H,13,14). The van der Waals surface area contributed by atoms with Crippen molar-refractivity contribution in [2.75, 3.05) is 0 Å². The van der Waals surface area contributed by atoms with E-state index >= 15 is 0 Å². The molecule has 1 aromatic heterocycles. The summed E-state index contributed by atoms with van der Waals surface area (Å²) in [7, 11) is 0. The summed E-state index contributed by atoms with van der Waals surface area (Å²) < 4.78 is 39.3. The van der Waals surface area contributed by atoms with Crippen LogP contribution in [0.25, 0.3) is 0 Å². The molecule has 0 aliphatic heterocycles. The zero-order valence-corrected chi connectivity index (χ0v) is 10.1. The lowest BCUT2D eigenvalue weighted by Crippen LogP contribution is -2.22. The Kier molecular flexibility index (Phi) is 3.84. The molecule has 4 nitrogen and oxygen atoms in total. The number of H-pyrrole nitrogens is 1. The molecule has 1 N–H and O–H groups in total. The van der Waals surface area contributed by atoms with Crippen LogP contribution in [0.5, 0.6) is 5.88 Å². The average molecular weight is 367 g/mol. The maximum Gasteiger partial charge on any atom is 0.574 e. The molecule has 0 amide bonds. The predicted octanol–water partition coefficient (Wildman–Crippen LogP) is 2.26. The quantitative estimate of drug-likeness (QED) is 0.644. The first-order valence-corrected chi connectivity index (χ1v) is 5.05. The number of rotatable bonds is 2. The molecule has 0 aliphatic carbocycles. The van der Waals surface area contributed by atoms with Gasteiger partial charge in [-0.3, -0.25) is 14.6 Å². The highest BCUT2D eigenvalue weighted by Gasteiger charge is 2.34. The first-order chi connectivity index (χ1) is 7.20. The van der Waals surface area contributed by atoms with Crippen molar-refractivity contribution in [2.45, 2.75) is 6.36 Å². The van der Waals surface area contributed by atoms with E-state index in [1.54, 1.807) is 4.98 Å². The molecule has 1 aromatic rings. The third kappa shape index (κ3) is 3.37. The number of aromatic amines is 1. The monoisotopic (exact) mass is 367 g/mol. The van der Waals surface area contributed by atoms with E-state index in [0.29, 0.717) is 0 Å². The molecule has 0 spiro atoms. The van der Waals surface area contributed by atoms with Gasteiger partial charge in [-0.25, -0.2) is 0 Å². The largest absolute Gasteiger partial charge is 0.574 e. The smallest absolute Gasteiger partial charge is 0.389 e. The number of alkyl halides is 3. The fourth-order valence-corrected chi connectivity index (χ4v) is 2.00. The number of hydrogen-bond acceptors (Lipinski definition) is 3. The molecule has 0 aliphatic rings. The Morgan fingerprint density at radius 1 is 1.50 bits per heavy atom. The highest BCUT2D eigenvalue weighted by Crippen LogP contribution is 2.27. The van der Waals surface area contributed by atoms with Gasteiger partial charge in [-0.05, 0) is 34.2 Å². The van der Waals surface area contributed by atoms with E-state index in [4.69, 9.17) is 11.6 Å². The summed E-state index contributed by atoms with van der Waals surface area (Å²) in [6, 6.07) is 0.930. The van der Waals surface area contributed by atoms with E-state index in [0.717, 1.165) is 6.07 Å². The van der Waals surface area contributed by atoms with E-state index in [1.807, 2.05) is 0 Å². The fourth-order valence-electron chi connectivity index (χ4n) is 0.882. The van der Waals surface area contributed by atoms with E-state index in [2.05, 4.69) is 4.74 Å². The second-order valence-corrected chi connectivity index (χ2v) is 4.01. The molecule has 0 bridgehead atoms. The van der Waals surface area contributed by atoms with Gasteiger partial charge in [0.1, 0.15) is 5.56 Å². The van der Waals surface area contributed by atoms with Gasteiger partial charge in [0.25, 0.3) is 10.8 Å². The SMILES string of the molecule is O=C(Cl)c1c(I)cc(=O)[nH]c1OC(F)(F)F. The summed E-state index contributed by atoms with van der Waals surface area (Å²) in [5.41, 5.74) is -1.36. The highest BCUT2D eigenvalue weighted by molar-refractivity contribution is 14.1. The minimum absolute atomic E-state index is 0.0272. The molecule has 9 heteroatoms. The maximum atomic E-state index is 11.9. The van der Waals surface area contributed by atoms with Crippen molar-refractivity contribution in [2.24, 2.45) is 0 Å². The Balaban J connectivity index is 3.36. The van der Waals surface area contributed by atoms with Crippen LogP contribution >= 0.6 is 34.2 Å². The second kappa shape index (κ2) is 4.62. The summed E-state index contributed by atoms with van der Waals surface area (Å²) in [5, 5.41) is -1.15. The molecule has 0 saturated carbocycles. The van der Waals surface area contributed by atoms with Crippen LogP contribution in [0.4, 0.5) is 13.2 Å². The molecule has 88 valence electrons. The van der Waals surface area contributed by atoms with Gasteiger partial charge in [0.05, 0.1) is 0 Å². The van der Waals surface area contributed by atoms with Crippen LogP contribution in [0.3, 0.4) is 0 Å². The molecule has 1 rings (SSSR count). The number of halogens is 5. The van der Waals surface area contributed by atoms with E-state index in [9.17, 15) is 22.8 Å². The van der Waals surface area contributed by atoms with Crippen molar-refractivity contribution in [3.8, 4) is 5.88 Å². The summed E-state index contributed by atoms with van der Waals surface area (Å²) in [5.74, 6) is -1.01. The summed E-state index contributed by atoms with van der Waals surface area (Å²) >= 11 is 6.59. The summed E-state index contributed by atoms with van der Waals surface area (Å²) in [6.45, 7) is 0. The van der Waals surface area contributed by atoms with Crippen molar-refractivity contribution in [3.05, 3.63) is 25.6 Å². The number of ether oxygens (including phenoxy) is 1. The van der Waals surface area contributed by atoms with Crippen LogP contribution in [0, 0.1) is 3.57 Å². The molecule has 0 radical (unpaired) electrons. The van der Waals surface area contributed by atoms with Crippen molar-refractivity contribution >= 4 is 39.4 Å². The third-order valence-electron chi connectivity index (χ3n) is 1.37. The molecule has 0 saturated heterocycles. The van der Waals surface area contributed by atoms with Crippen LogP contribution in [-0.4, -0.2) is 16.6 Å². The van der Waals surface area contributed by atoms with E-state index in [1.165, 1.54) is 22.6 Å². The zero-order valence-electron chi connectivity index (χ0n) is 7.19. The van der Waals surface area contributed by atoms with E-state index < -0.39 is 28.6 Å². The molecule has 0 unspecified atom stereocenters. The molecular formula is C7H2ClF3INO3. The highest BCUT2D eigenvalue weighted by atomic mass is 127. The number of carbonyl (C=O) groups excluding carboxylic acids is 1. The maximum absolute atomic E-state index is 11.9. The average Bonchev–Trinajstić information content (AvgIpc) is 1.96. The topological polar surface area (TPSA) is 59.2 Å². The fraction of sp³-hybridized carbons (Fsp3) is 0.143. The number of carbonyl (C=O) groups is 1. The zero-order chi connectivity index (χ0) is 12.5. The Morgan fingerprint density at radius 3 is 2.50 bits per heavy atom. The lowest BCUT2D eigenvalue weighted by molar-refractivity contribution is -0.276. The van der Waals surface area contributed by atoms with Gasteiger partial charge >= 0.3 is 6.36 Å². The molecule has 0 atom stereocenters. The minimum atomic E-state index is -5.02. The van der Waals surface area contributed by atoms with Crippen molar-refractivity contribution in [1.82, 2.24) is 4.98 Å². The number of nitrogens with one attached hydrogen (secondary N) is 1. The first kappa shape index (κ1) is 13.3. The van der Waals surface area contributed by atoms with Gasteiger partial charge < -0.3 is 4.74 Å². The van der Waals surface area contributed by atoms with Crippen LogP contribution in [0.2, 0.25) is 0 Å². The van der Waals surface area contributed by atoms with Crippen LogP contribution in [-0.2, 0) is 0 Å². The molecule has 1 heterocycles.